The van der Waals surface area contributed by atoms with E-state index >= 15 is 0 Å². The van der Waals surface area contributed by atoms with Gasteiger partial charge in [-0.1, -0.05) is 33.4 Å². The van der Waals surface area contributed by atoms with Crippen LogP contribution in [0, 0.1) is 0 Å². The molecule has 1 saturated carbocycles. The Bertz CT molecular complexity index is 371. The van der Waals surface area contributed by atoms with Crippen molar-refractivity contribution >= 4 is 19.9 Å². The molecule has 0 aliphatic heterocycles. The van der Waals surface area contributed by atoms with E-state index in [1.807, 2.05) is 6.08 Å². The predicted molar refractivity (Wildman–Crippen MR) is 84.1 cm³/mol. The molecule has 0 spiro atoms. The second-order valence-electron chi connectivity index (χ2n) is 6.82. The average molecular weight is 305 g/mol. The molecule has 4 heteroatoms. The van der Waals surface area contributed by atoms with Crippen molar-refractivity contribution in [3.63, 3.8) is 0 Å². The zero-order chi connectivity index (χ0) is 14.8. The predicted octanol–water partition coefficient (Wildman–Crippen LogP) is 5.23. The van der Waals surface area contributed by atoms with Crippen LogP contribution in [0.5, 0.6) is 0 Å². The molecule has 0 radical (unpaired) electrons. The number of rotatable bonds is 3. The first-order valence-corrected chi connectivity index (χ1v) is 10.3. The SMILES string of the molecule is C=C1/C(=C\CCl)C[C@@H](O[Si](C)(C)C(C)(C)C)C[C@@H]1F. The number of allylic oxidation sites excluding steroid dienone is 2. The molecule has 1 rings (SSSR count). The summed E-state index contributed by atoms with van der Waals surface area (Å²) in [5.74, 6) is 0.397. The summed E-state index contributed by atoms with van der Waals surface area (Å²) < 4.78 is 20.3. The van der Waals surface area contributed by atoms with Crippen molar-refractivity contribution in [2.24, 2.45) is 0 Å². The second-order valence-corrected chi connectivity index (χ2v) is 11.9. The van der Waals surface area contributed by atoms with Crippen molar-refractivity contribution in [3.8, 4) is 0 Å². The van der Waals surface area contributed by atoms with E-state index in [1.165, 1.54) is 0 Å². The van der Waals surface area contributed by atoms with Crippen molar-refractivity contribution in [3.05, 3.63) is 23.8 Å². The van der Waals surface area contributed by atoms with Gasteiger partial charge in [0.25, 0.3) is 0 Å². The Balaban J connectivity index is 2.81. The van der Waals surface area contributed by atoms with Gasteiger partial charge in [0.05, 0.1) is 6.10 Å². The Hall–Kier alpha value is -0.123. The Morgan fingerprint density at radius 1 is 1.47 bits per heavy atom. The van der Waals surface area contributed by atoms with Gasteiger partial charge in [-0.05, 0) is 35.7 Å². The van der Waals surface area contributed by atoms with Crippen molar-refractivity contribution in [2.45, 2.75) is 64.0 Å². The van der Waals surface area contributed by atoms with E-state index in [0.29, 0.717) is 17.9 Å². The minimum Gasteiger partial charge on any atom is -0.413 e. The van der Waals surface area contributed by atoms with Crippen LogP contribution in [0.2, 0.25) is 18.1 Å². The van der Waals surface area contributed by atoms with Crippen molar-refractivity contribution in [1.82, 2.24) is 0 Å². The zero-order valence-electron chi connectivity index (χ0n) is 12.7. The fraction of sp³-hybridized carbons (Fsp3) is 0.733. The number of alkyl halides is 2. The maximum absolute atomic E-state index is 14.0. The van der Waals surface area contributed by atoms with E-state index in [2.05, 4.69) is 40.4 Å². The third-order valence-corrected chi connectivity index (χ3v) is 8.99. The van der Waals surface area contributed by atoms with Crippen LogP contribution in [0.3, 0.4) is 0 Å². The number of hydrogen-bond donors (Lipinski definition) is 0. The molecular weight excluding hydrogens is 279 g/mol. The van der Waals surface area contributed by atoms with E-state index in [1.54, 1.807) is 0 Å². The fourth-order valence-electron chi connectivity index (χ4n) is 2.02. The molecule has 0 saturated heterocycles. The van der Waals surface area contributed by atoms with Gasteiger partial charge in [-0.25, -0.2) is 4.39 Å². The van der Waals surface area contributed by atoms with Gasteiger partial charge in [-0.2, -0.15) is 0 Å². The quantitative estimate of drug-likeness (QED) is 0.512. The van der Waals surface area contributed by atoms with E-state index in [0.717, 1.165) is 12.0 Å². The van der Waals surface area contributed by atoms with E-state index < -0.39 is 14.5 Å². The summed E-state index contributed by atoms with van der Waals surface area (Å²) >= 11 is 5.73. The average Bonchev–Trinajstić information content (AvgIpc) is 2.23. The summed E-state index contributed by atoms with van der Waals surface area (Å²) in [4.78, 5) is 0. The van der Waals surface area contributed by atoms with Crippen LogP contribution in [-0.2, 0) is 4.43 Å². The van der Waals surface area contributed by atoms with Crippen LogP contribution in [0.1, 0.15) is 33.6 Å². The normalized spacial score (nSPS) is 27.9. The van der Waals surface area contributed by atoms with Gasteiger partial charge < -0.3 is 4.43 Å². The Morgan fingerprint density at radius 3 is 2.53 bits per heavy atom. The maximum Gasteiger partial charge on any atom is 0.192 e. The molecule has 0 aromatic carbocycles. The third kappa shape index (κ3) is 4.17. The van der Waals surface area contributed by atoms with Crippen LogP contribution >= 0.6 is 11.6 Å². The van der Waals surface area contributed by atoms with Crippen molar-refractivity contribution in [2.75, 3.05) is 5.88 Å². The fourth-order valence-corrected chi connectivity index (χ4v) is 3.58. The molecule has 1 aliphatic carbocycles. The molecule has 1 nitrogen and oxygen atoms in total. The van der Waals surface area contributed by atoms with Gasteiger partial charge >= 0.3 is 0 Å². The van der Waals surface area contributed by atoms with E-state index in [9.17, 15) is 4.39 Å². The number of halogens is 2. The van der Waals surface area contributed by atoms with Crippen molar-refractivity contribution in [1.29, 1.82) is 0 Å². The largest absolute Gasteiger partial charge is 0.413 e. The molecule has 0 bridgehead atoms. The lowest BCUT2D eigenvalue weighted by molar-refractivity contribution is 0.131. The molecule has 1 aliphatic rings. The molecule has 2 atom stereocenters. The summed E-state index contributed by atoms with van der Waals surface area (Å²) in [6.07, 6.45) is 1.97. The Labute approximate surface area is 123 Å². The summed E-state index contributed by atoms with van der Waals surface area (Å²) in [5, 5.41) is 0.142. The molecule has 0 heterocycles. The summed E-state index contributed by atoms with van der Waals surface area (Å²) in [6, 6.07) is 0. The first-order chi connectivity index (χ1) is 8.58. The van der Waals surface area contributed by atoms with Gasteiger partial charge in [0.15, 0.2) is 8.32 Å². The molecule has 0 aromatic rings. The van der Waals surface area contributed by atoms with Gasteiger partial charge in [-0.3, -0.25) is 0 Å². The first-order valence-electron chi connectivity index (χ1n) is 6.84. The van der Waals surface area contributed by atoms with Gasteiger partial charge in [0.2, 0.25) is 0 Å². The monoisotopic (exact) mass is 304 g/mol. The first kappa shape index (κ1) is 16.9. The second kappa shape index (κ2) is 6.11. The van der Waals surface area contributed by atoms with Crippen LogP contribution < -0.4 is 0 Å². The Morgan fingerprint density at radius 2 is 2.05 bits per heavy atom. The highest BCUT2D eigenvalue weighted by Gasteiger charge is 2.41. The molecule has 1 fully saturated rings. The molecule has 19 heavy (non-hydrogen) atoms. The number of hydrogen-bond acceptors (Lipinski definition) is 1. The lowest BCUT2D eigenvalue weighted by atomic mass is 9.87. The lowest BCUT2D eigenvalue weighted by Gasteiger charge is -2.41. The molecular formula is C15H26ClFOSi. The minimum absolute atomic E-state index is 0.0455. The molecule has 0 unspecified atom stereocenters. The lowest BCUT2D eigenvalue weighted by Crippen LogP contribution is -2.45. The van der Waals surface area contributed by atoms with E-state index in [-0.39, 0.29) is 11.1 Å². The third-order valence-electron chi connectivity index (χ3n) is 4.30. The smallest absolute Gasteiger partial charge is 0.192 e. The molecule has 110 valence electrons. The van der Waals surface area contributed by atoms with Crippen molar-refractivity contribution < 1.29 is 8.82 Å². The highest BCUT2D eigenvalue weighted by atomic mass is 35.5. The highest BCUT2D eigenvalue weighted by molar-refractivity contribution is 6.74. The van der Waals surface area contributed by atoms with Crippen LogP contribution in [0.4, 0.5) is 4.39 Å². The van der Waals surface area contributed by atoms with Crippen LogP contribution in [-0.4, -0.2) is 26.5 Å². The molecule has 0 aromatic heterocycles. The topological polar surface area (TPSA) is 9.23 Å². The van der Waals surface area contributed by atoms with Crippen LogP contribution in [0.15, 0.2) is 23.8 Å². The standard InChI is InChI=1S/C15H26ClFOSi/c1-11-12(7-8-16)9-13(10-14(11)17)18-19(5,6)15(2,3)4/h7,13-14H,1,8-10H2,2-6H3/b12-7-/t13-,14+/m1/s1. The molecule has 0 N–H and O–H groups in total. The summed E-state index contributed by atoms with van der Waals surface area (Å²) in [7, 11) is -1.85. The Kier molecular flexibility index (Phi) is 5.44. The minimum atomic E-state index is -1.85. The summed E-state index contributed by atoms with van der Waals surface area (Å²) in [6.45, 7) is 14.8. The van der Waals surface area contributed by atoms with E-state index in [4.69, 9.17) is 16.0 Å². The van der Waals surface area contributed by atoms with Crippen LogP contribution in [0.25, 0.3) is 0 Å². The zero-order valence-corrected chi connectivity index (χ0v) is 14.5. The highest BCUT2D eigenvalue weighted by Crippen LogP contribution is 2.40. The van der Waals surface area contributed by atoms with Gasteiger partial charge in [0.1, 0.15) is 6.17 Å². The van der Waals surface area contributed by atoms with Gasteiger partial charge in [-0.15, -0.1) is 11.6 Å². The molecule has 0 amide bonds. The summed E-state index contributed by atoms with van der Waals surface area (Å²) in [5.41, 5.74) is 1.51. The maximum atomic E-state index is 14.0. The van der Waals surface area contributed by atoms with Gasteiger partial charge in [0, 0.05) is 12.3 Å².